The number of fused-ring (bicyclic) bond motifs is 1. The van der Waals surface area contributed by atoms with E-state index in [9.17, 15) is 4.79 Å². The van der Waals surface area contributed by atoms with Crippen LogP contribution in [0.5, 0.6) is 0 Å². The fourth-order valence-electron chi connectivity index (χ4n) is 1.72. The zero-order valence-electron chi connectivity index (χ0n) is 9.27. The molecule has 84 valence electrons. The van der Waals surface area contributed by atoms with Crippen molar-refractivity contribution in [3.05, 3.63) is 28.9 Å². The standard InChI is InChI=1S/C12H13ClN2O/c1-8(2)6-15-11-4-3-9(7-16)5-10(11)12(13)14-15/h3-5,7-8H,6H2,1-2H3. The molecular formula is C12H13ClN2O. The topological polar surface area (TPSA) is 34.9 Å². The van der Waals surface area contributed by atoms with Gasteiger partial charge in [-0.05, 0) is 24.1 Å². The van der Waals surface area contributed by atoms with Gasteiger partial charge in [0.2, 0.25) is 0 Å². The molecule has 2 rings (SSSR count). The number of hydrogen-bond acceptors (Lipinski definition) is 2. The van der Waals surface area contributed by atoms with Gasteiger partial charge in [-0.2, -0.15) is 5.10 Å². The molecule has 0 aliphatic heterocycles. The Balaban J connectivity index is 2.57. The fraction of sp³-hybridized carbons (Fsp3) is 0.333. The van der Waals surface area contributed by atoms with Gasteiger partial charge in [0.1, 0.15) is 6.29 Å². The molecule has 0 radical (unpaired) electrons. The molecule has 0 atom stereocenters. The second-order valence-corrected chi connectivity index (χ2v) is 4.62. The first-order chi connectivity index (χ1) is 7.61. The van der Waals surface area contributed by atoms with Crippen LogP contribution in [0.1, 0.15) is 24.2 Å². The zero-order valence-corrected chi connectivity index (χ0v) is 10.0. The molecule has 3 nitrogen and oxygen atoms in total. The van der Waals surface area contributed by atoms with Crippen LogP contribution in [0.15, 0.2) is 18.2 Å². The minimum atomic E-state index is 0.458. The zero-order chi connectivity index (χ0) is 11.7. The van der Waals surface area contributed by atoms with Crippen molar-refractivity contribution in [1.82, 2.24) is 9.78 Å². The van der Waals surface area contributed by atoms with E-state index in [1.165, 1.54) is 0 Å². The van der Waals surface area contributed by atoms with Gasteiger partial charge in [0.15, 0.2) is 5.15 Å². The van der Waals surface area contributed by atoms with Crippen molar-refractivity contribution in [3.8, 4) is 0 Å². The predicted octanol–water partition coefficient (Wildman–Crippen LogP) is 3.16. The smallest absolute Gasteiger partial charge is 0.158 e. The number of benzene rings is 1. The Morgan fingerprint density at radius 1 is 1.50 bits per heavy atom. The highest BCUT2D eigenvalue weighted by molar-refractivity contribution is 6.34. The van der Waals surface area contributed by atoms with E-state index in [-0.39, 0.29) is 0 Å². The van der Waals surface area contributed by atoms with Gasteiger partial charge in [-0.25, -0.2) is 0 Å². The first kappa shape index (κ1) is 11.1. The average molecular weight is 237 g/mol. The monoisotopic (exact) mass is 236 g/mol. The summed E-state index contributed by atoms with van der Waals surface area (Å²) < 4.78 is 1.89. The molecule has 1 aromatic carbocycles. The van der Waals surface area contributed by atoms with Crippen molar-refractivity contribution in [3.63, 3.8) is 0 Å². The molecule has 0 spiro atoms. The Labute approximate surface area is 99.0 Å². The van der Waals surface area contributed by atoms with Crippen molar-refractivity contribution in [2.45, 2.75) is 20.4 Å². The molecule has 0 saturated heterocycles. The molecule has 0 aliphatic carbocycles. The highest BCUT2D eigenvalue weighted by Crippen LogP contribution is 2.24. The van der Waals surface area contributed by atoms with Gasteiger partial charge in [0.05, 0.1) is 5.52 Å². The summed E-state index contributed by atoms with van der Waals surface area (Å²) in [4.78, 5) is 10.7. The van der Waals surface area contributed by atoms with E-state index in [2.05, 4.69) is 18.9 Å². The highest BCUT2D eigenvalue weighted by Gasteiger charge is 2.10. The third-order valence-corrected chi connectivity index (χ3v) is 2.68. The van der Waals surface area contributed by atoms with Crippen LogP contribution in [0.3, 0.4) is 0 Å². The molecular weight excluding hydrogens is 224 g/mol. The van der Waals surface area contributed by atoms with E-state index in [1.807, 2.05) is 10.7 Å². The molecule has 0 fully saturated rings. The molecule has 0 saturated carbocycles. The quantitative estimate of drug-likeness (QED) is 0.768. The maximum atomic E-state index is 10.7. The summed E-state index contributed by atoms with van der Waals surface area (Å²) in [6.45, 7) is 5.08. The fourth-order valence-corrected chi connectivity index (χ4v) is 1.96. The molecule has 0 N–H and O–H groups in total. The number of hydrogen-bond donors (Lipinski definition) is 0. The minimum Gasteiger partial charge on any atom is -0.298 e. The SMILES string of the molecule is CC(C)Cn1nc(Cl)c2cc(C=O)ccc21. The first-order valence-corrected chi connectivity index (χ1v) is 5.61. The number of aldehydes is 1. The molecule has 1 aromatic heterocycles. The Bertz CT molecular complexity index is 531. The number of aromatic nitrogens is 2. The summed E-state index contributed by atoms with van der Waals surface area (Å²) >= 11 is 6.04. The van der Waals surface area contributed by atoms with Crippen LogP contribution in [0.2, 0.25) is 5.15 Å². The predicted molar refractivity (Wildman–Crippen MR) is 65.0 cm³/mol. The lowest BCUT2D eigenvalue weighted by atomic mass is 10.1. The van der Waals surface area contributed by atoms with Crippen LogP contribution in [0, 0.1) is 5.92 Å². The molecule has 4 heteroatoms. The molecule has 16 heavy (non-hydrogen) atoms. The Kier molecular flexibility index (Phi) is 2.97. The van der Waals surface area contributed by atoms with E-state index in [4.69, 9.17) is 11.6 Å². The van der Waals surface area contributed by atoms with E-state index >= 15 is 0 Å². The van der Waals surface area contributed by atoms with Crippen molar-refractivity contribution >= 4 is 28.8 Å². The molecule has 0 unspecified atom stereocenters. The summed E-state index contributed by atoms with van der Waals surface area (Å²) in [7, 11) is 0. The Morgan fingerprint density at radius 3 is 2.88 bits per heavy atom. The van der Waals surface area contributed by atoms with Gasteiger partial charge in [-0.1, -0.05) is 25.4 Å². The van der Waals surface area contributed by atoms with Crippen molar-refractivity contribution < 1.29 is 4.79 Å². The number of carbonyl (C=O) groups is 1. The van der Waals surface area contributed by atoms with Crippen molar-refractivity contribution in [2.24, 2.45) is 5.92 Å². The normalized spacial score (nSPS) is 11.2. The minimum absolute atomic E-state index is 0.458. The van der Waals surface area contributed by atoms with Crippen LogP contribution in [-0.4, -0.2) is 16.1 Å². The second kappa shape index (κ2) is 4.26. The van der Waals surface area contributed by atoms with E-state index in [0.29, 0.717) is 16.6 Å². The van der Waals surface area contributed by atoms with Crippen LogP contribution in [0.4, 0.5) is 0 Å². The summed E-state index contributed by atoms with van der Waals surface area (Å²) in [6.07, 6.45) is 0.815. The molecule has 1 heterocycles. The van der Waals surface area contributed by atoms with Gasteiger partial charge < -0.3 is 0 Å². The Hall–Kier alpha value is -1.35. The lowest BCUT2D eigenvalue weighted by molar-refractivity contribution is 0.112. The molecule has 0 bridgehead atoms. The first-order valence-electron chi connectivity index (χ1n) is 5.23. The average Bonchev–Trinajstić information content (AvgIpc) is 2.54. The van der Waals surface area contributed by atoms with Crippen molar-refractivity contribution in [1.29, 1.82) is 0 Å². The largest absolute Gasteiger partial charge is 0.298 e. The highest BCUT2D eigenvalue weighted by atomic mass is 35.5. The summed E-state index contributed by atoms with van der Waals surface area (Å²) in [5.41, 5.74) is 1.60. The van der Waals surface area contributed by atoms with Crippen LogP contribution >= 0.6 is 11.6 Å². The number of rotatable bonds is 3. The van der Waals surface area contributed by atoms with E-state index < -0.39 is 0 Å². The lowest BCUT2D eigenvalue weighted by Crippen LogP contribution is -2.05. The molecule has 0 amide bonds. The van der Waals surface area contributed by atoms with E-state index in [0.717, 1.165) is 23.7 Å². The van der Waals surface area contributed by atoms with Gasteiger partial charge in [-0.15, -0.1) is 0 Å². The second-order valence-electron chi connectivity index (χ2n) is 4.26. The van der Waals surface area contributed by atoms with Gasteiger partial charge >= 0.3 is 0 Å². The van der Waals surface area contributed by atoms with Crippen LogP contribution < -0.4 is 0 Å². The maximum Gasteiger partial charge on any atom is 0.158 e. The summed E-state index contributed by atoms with van der Waals surface area (Å²) in [5, 5.41) is 5.57. The Morgan fingerprint density at radius 2 is 2.25 bits per heavy atom. The van der Waals surface area contributed by atoms with E-state index in [1.54, 1.807) is 12.1 Å². The van der Waals surface area contributed by atoms with Crippen LogP contribution in [-0.2, 0) is 6.54 Å². The number of halogens is 1. The van der Waals surface area contributed by atoms with Gasteiger partial charge in [0, 0.05) is 17.5 Å². The summed E-state index contributed by atoms with van der Waals surface area (Å²) in [6, 6.07) is 5.44. The molecule has 2 aromatic rings. The lowest BCUT2D eigenvalue weighted by Gasteiger charge is -2.05. The van der Waals surface area contributed by atoms with Crippen molar-refractivity contribution in [2.75, 3.05) is 0 Å². The van der Waals surface area contributed by atoms with Crippen LogP contribution in [0.25, 0.3) is 10.9 Å². The summed E-state index contributed by atoms with van der Waals surface area (Å²) in [5.74, 6) is 0.505. The third-order valence-electron chi connectivity index (χ3n) is 2.40. The third kappa shape index (κ3) is 1.95. The maximum absolute atomic E-state index is 10.7. The van der Waals surface area contributed by atoms with Gasteiger partial charge in [-0.3, -0.25) is 9.48 Å². The number of nitrogens with zero attached hydrogens (tertiary/aromatic N) is 2. The number of carbonyl (C=O) groups excluding carboxylic acids is 1. The molecule has 0 aliphatic rings. The van der Waals surface area contributed by atoms with Gasteiger partial charge in [0.25, 0.3) is 0 Å².